The number of nitrogens with one attached hydrogen (secondary N) is 1. The monoisotopic (exact) mass is 293 g/mol. The minimum Gasteiger partial charge on any atom is -0.485 e. The minimum absolute atomic E-state index is 0.0127. The second-order valence-corrected chi connectivity index (χ2v) is 5.13. The van der Waals surface area contributed by atoms with Crippen LogP contribution in [-0.2, 0) is 0 Å². The zero-order valence-electron chi connectivity index (χ0n) is 12.6. The highest BCUT2D eigenvalue weighted by Crippen LogP contribution is 2.30. The van der Waals surface area contributed by atoms with Crippen LogP contribution in [0.25, 0.3) is 10.8 Å². The highest BCUT2D eigenvalue weighted by Gasteiger charge is 2.14. The average Bonchev–Trinajstić information content (AvgIpc) is 2.59. The second kappa shape index (κ2) is 7.00. The molecule has 0 saturated carbocycles. The fraction of sp³-hybridized carbons (Fsp3) is 0.222. The molecule has 0 bridgehead atoms. The van der Waals surface area contributed by atoms with Crippen LogP contribution < -0.4 is 10.1 Å². The number of rotatable bonds is 6. The van der Waals surface area contributed by atoms with Gasteiger partial charge in [-0.3, -0.25) is 9.97 Å². The zero-order chi connectivity index (χ0) is 15.2. The largest absolute Gasteiger partial charge is 0.485 e. The number of benzene rings is 1. The van der Waals surface area contributed by atoms with Crippen LogP contribution in [0.3, 0.4) is 0 Å². The summed E-state index contributed by atoms with van der Waals surface area (Å²) in [5, 5.41) is 5.35. The quantitative estimate of drug-likeness (QED) is 0.757. The first-order chi connectivity index (χ1) is 10.9. The second-order valence-electron chi connectivity index (χ2n) is 5.13. The third kappa shape index (κ3) is 3.23. The Morgan fingerprint density at radius 2 is 1.86 bits per heavy atom. The van der Waals surface area contributed by atoms with E-state index in [2.05, 4.69) is 21.4 Å². The normalized spacial score (nSPS) is 12.2. The molecule has 4 nitrogen and oxygen atoms in total. The summed E-state index contributed by atoms with van der Waals surface area (Å²) in [6.45, 7) is 0.885. The lowest BCUT2D eigenvalue weighted by atomic mass is 10.1. The molecule has 0 radical (unpaired) electrons. The van der Waals surface area contributed by atoms with Gasteiger partial charge in [0.1, 0.15) is 11.9 Å². The van der Waals surface area contributed by atoms with Crippen molar-refractivity contribution < 1.29 is 4.74 Å². The molecule has 2 heterocycles. The Kier molecular flexibility index (Phi) is 4.61. The molecule has 0 aliphatic rings. The highest BCUT2D eigenvalue weighted by molar-refractivity contribution is 5.87. The Balaban J connectivity index is 1.92. The van der Waals surface area contributed by atoms with Gasteiger partial charge in [-0.15, -0.1) is 0 Å². The third-order valence-corrected chi connectivity index (χ3v) is 3.65. The van der Waals surface area contributed by atoms with Crippen molar-refractivity contribution in [2.75, 3.05) is 13.6 Å². The van der Waals surface area contributed by atoms with E-state index < -0.39 is 0 Å². The number of fused-ring (bicyclic) bond motifs is 1. The topological polar surface area (TPSA) is 47.0 Å². The van der Waals surface area contributed by atoms with Crippen LogP contribution in [0.1, 0.15) is 18.1 Å². The molecular formula is C18H19N3O. The van der Waals surface area contributed by atoms with Crippen LogP contribution in [0.5, 0.6) is 5.75 Å². The Morgan fingerprint density at radius 3 is 2.68 bits per heavy atom. The predicted molar refractivity (Wildman–Crippen MR) is 87.9 cm³/mol. The van der Waals surface area contributed by atoms with Gasteiger partial charge in [0.05, 0.1) is 0 Å². The maximum Gasteiger partial charge on any atom is 0.129 e. The number of hydrogen-bond acceptors (Lipinski definition) is 4. The Hall–Kier alpha value is -2.46. The van der Waals surface area contributed by atoms with Gasteiger partial charge in [0.2, 0.25) is 0 Å². The van der Waals surface area contributed by atoms with Gasteiger partial charge in [-0.1, -0.05) is 12.1 Å². The molecule has 0 aliphatic heterocycles. The van der Waals surface area contributed by atoms with Crippen molar-refractivity contribution in [2.45, 2.75) is 12.5 Å². The van der Waals surface area contributed by atoms with Crippen molar-refractivity contribution >= 4 is 10.8 Å². The lowest BCUT2D eigenvalue weighted by Gasteiger charge is -2.20. The number of hydrogen-bond donors (Lipinski definition) is 1. The van der Waals surface area contributed by atoms with E-state index in [1.807, 2.05) is 43.6 Å². The molecule has 0 fully saturated rings. The lowest BCUT2D eigenvalue weighted by Crippen LogP contribution is -2.16. The highest BCUT2D eigenvalue weighted by atomic mass is 16.5. The molecular weight excluding hydrogens is 274 g/mol. The number of pyridine rings is 2. The van der Waals surface area contributed by atoms with Crippen molar-refractivity contribution in [3.05, 3.63) is 66.7 Å². The first-order valence-corrected chi connectivity index (χ1v) is 7.42. The van der Waals surface area contributed by atoms with Crippen LogP contribution >= 0.6 is 0 Å². The molecule has 1 aromatic carbocycles. The number of aromatic nitrogens is 2. The number of nitrogens with zero attached hydrogens (tertiary/aromatic N) is 2. The molecule has 0 saturated heterocycles. The van der Waals surface area contributed by atoms with Gasteiger partial charge in [0, 0.05) is 36.6 Å². The molecule has 0 spiro atoms. The van der Waals surface area contributed by atoms with E-state index in [1.54, 1.807) is 18.6 Å². The van der Waals surface area contributed by atoms with Gasteiger partial charge in [-0.2, -0.15) is 0 Å². The molecule has 112 valence electrons. The van der Waals surface area contributed by atoms with Crippen LogP contribution in [0.15, 0.2) is 61.2 Å². The van der Waals surface area contributed by atoms with E-state index in [4.69, 9.17) is 4.74 Å². The summed E-state index contributed by atoms with van der Waals surface area (Å²) < 4.78 is 6.31. The molecule has 4 heteroatoms. The van der Waals surface area contributed by atoms with Gasteiger partial charge in [-0.25, -0.2) is 0 Å². The Morgan fingerprint density at radius 1 is 1.05 bits per heavy atom. The summed E-state index contributed by atoms with van der Waals surface area (Å²) >= 11 is 0. The molecule has 1 atom stereocenters. The maximum atomic E-state index is 6.31. The van der Waals surface area contributed by atoms with Gasteiger partial charge in [0.15, 0.2) is 0 Å². The summed E-state index contributed by atoms with van der Waals surface area (Å²) in [7, 11) is 1.95. The van der Waals surface area contributed by atoms with Gasteiger partial charge >= 0.3 is 0 Å². The maximum absolute atomic E-state index is 6.31. The first-order valence-electron chi connectivity index (χ1n) is 7.42. The minimum atomic E-state index is -0.0127. The summed E-state index contributed by atoms with van der Waals surface area (Å²) in [6.07, 6.45) is 8.13. The fourth-order valence-corrected chi connectivity index (χ4v) is 2.49. The predicted octanol–water partition coefficient (Wildman–Crippen LogP) is 3.36. The van der Waals surface area contributed by atoms with E-state index >= 15 is 0 Å². The van der Waals surface area contributed by atoms with Crippen LogP contribution in [-0.4, -0.2) is 23.6 Å². The van der Waals surface area contributed by atoms with Gasteiger partial charge in [-0.05, 0) is 48.8 Å². The lowest BCUT2D eigenvalue weighted by molar-refractivity contribution is 0.197. The van der Waals surface area contributed by atoms with Gasteiger partial charge < -0.3 is 10.1 Å². The van der Waals surface area contributed by atoms with Crippen molar-refractivity contribution in [3.8, 4) is 5.75 Å². The molecule has 22 heavy (non-hydrogen) atoms. The van der Waals surface area contributed by atoms with E-state index in [9.17, 15) is 0 Å². The molecule has 3 rings (SSSR count). The molecule has 1 unspecified atom stereocenters. The first kappa shape index (κ1) is 14.5. The van der Waals surface area contributed by atoms with Crippen molar-refractivity contribution in [1.29, 1.82) is 0 Å². The molecule has 1 N–H and O–H groups in total. The number of ether oxygens (including phenoxy) is 1. The zero-order valence-corrected chi connectivity index (χ0v) is 12.6. The van der Waals surface area contributed by atoms with E-state index in [-0.39, 0.29) is 6.10 Å². The van der Waals surface area contributed by atoms with Crippen LogP contribution in [0, 0.1) is 0 Å². The van der Waals surface area contributed by atoms with E-state index in [1.165, 1.54) is 0 Å². The standard InChI is InChI=1S/C18H19N3O/c1-19-9-8-17(15-6-10-20-11-7-15)22-18-4-2-3-14-5-12-21-13-16(14)18/h2-7,10-13,17,19H,8-9H2,1H3. The van der Waals surface area contributed by atoms with Gasteiger partial charge in [0.25, 0.3) is 0 Å². The summed E-state index contributed by atoms with van der Waals surface area (Å²) in [5.74, 6) is 0.864. The summed E-state index contributed by atoms with van der Waals surface area (Å²) in [5.41, 5.74) is 1.13. The van der Waals surface area contributed by atoms with Crippen molar-refractivity contribution in [3.63, 3.8) is 0 Å². The van der Waals surface area contributed by atoms with Crippen LogP contribution in [0.4, 0.5) is 0 Å². The summed E-state index contributed by atoms with van der Waals surface area (Å²) in [6, 6.07) is 12.1. The SMILES string of the molecule is CNCCC(Oc1cccc2ccncc12)c1ccncc1. The smallest absolute Gasteiger partial charge is 0.129 e. The Labute approximate surface area is 130 Å². The Bertz CT molecular complexity index is 725. The van der Waals surface area contributed by atoms with Crippen molar-refractivity contribution in [2.24, 2.45) is 0 Å². The van der Waals surface area contributed by atoms with Crippen molar-refractivity contribution in [1.82, 2.24) is 15.3 Å². The van der Waals surface area contributed by atoms with Crippen LogP contribution in [0.2, 0.25) is 0 Å². The molecule has 0 aliphatic carbocycles. The molecule has 2 aromatic heterocycles. The molecule has 0 amide bonds. The van der Waals surface area contributed by atoms with E-state index in [0.29, 0.717) is 0 Å². The third-order valence-electron chi connectivity index (χ3n) is 3.65. The molecule has 3 aromatic rings. The summed E-state index contributed by atoms with van der Waals surface area (Å²) in [4.78, 5) is 8.30. The average molecular weight is 293 g/mol. The fourth-order valence-electron chi connectivity index (χ4n) is 2.49. The van der Waals surface area contributed by atoms with E-state index in [0.717, 1.165) is 35.1 Å².